The van der Waals surface area contributed by atoms with Crippen molar-refractivity contribution in [3.63, 3.8) is 0 Å². The second-order valence-electron chi connectivity index (χ2n) is 6.51. The van der Waals surface area contributed by atoms with Crippen LogP contribution in [0.5, 0.6) is 5.88 Å². The minimum absolute atomic E-state index is 0.0537. The number of pyridine rings is 1. The number of halogens is 2. The van der Waals surface area contributed by atoms with Crippen molar-refractivity contribution in [2.75, 3.05) is 13.7 Å². The number of nitrogens with one attached hydrogen (secondary N) is 1. The number of methoxy groups -OCH3 is 1. The topological polar surface area (TPSA) is 110 Å². The van der Waals surface area contributed by atoms with Crippen LogP contribution in [-0.4, -0.2) is 30.8 Å². The van der Waals surface area contributed by atoms with Gasteiger partial charge in [-0.2, -0.15) is 10.4 Å². The molecule has 0 aliphatic heterocycles. The van der Waals surface area contributed by atoms with E-state index >= 15 is 0 Å². The van der Waals surface area contributed by atoms with Gasteiger partial charge in [0, 0.05) is 27.7 Å². The summed E-state index contributed by atoms with van der Waals surface area (Å²) in [5.74, 6) is 0.631. The maximum Gasteiger partial charge on any atom is 0.278 e. The van der Waals surface area contributed by atoms with Crippen LogP contribution in [0.15, 0.2) is 50.4 Å². The van der Waals surface area contributed by atoms with Gasteiger partial charge in [-0.1, -0.05) is 11.6 Å². The highest BCUT2D eigenvalue weighted by molar-refractivity contribution is 9.10. The number of aryl methyl sites for hydroxylation is 1. The number of nitrogens with zero attached hydrogens (tertiary/aromatic N) is 3. The van der Waals surface area contributed by atoms with Crippen molar-refractivity contribution in [3.8, 4) is 23.3 Å². The molecule has 0 aliphatic carbocycles. The Morgan fingerprint density at radius 2 is 2.09 bits per heavy atom. The summed E-state index contributed by atoms with van der Waals surface area (Å²) >= 11 is 9.29. The van der Waals surface area contributed by atoms with Gasteiger partial charge in [-0.3, -0.25) is 4.79 Å². The molecule has 0 bridgehead atoms. The molecule has 10 heteroatoms. The van der Waals surface area contributed by atoms with E-state index in [1.165, 1.54) is 13.3 Å². The van der Waals surface area contributed by atoms with Crippen molar-refractivity contribution in [3.05, 3.63) is 68.5 Å². The summed E-state index contributed by atoms with van der Waals surface area (Å²) in [6.45, 7) is 1.57. The lowest BCUT2D eigenvalue weighted by atomic mass is 10.1. The van der Waals surface area contributed by atoms with Gasteiger partial charge in [0.05, 0.1) is 18.5 Å². The number of carbonyl (C=O) groups excluding carboxylic acids is 1. The van der Waals surface area contributed by atoms with Crippen LogP contribution in [0, 0.1) is 18.3 Å². The fourth-order valence-electron chi connectivity index (χ4n) is 2.74. The predicted octanol–water partition coefficient (Wildman–Crippen LogP) is 4.61. The van der Waals surface area contributed by atoms with Gasteiger partial charge in [0.1, 0.15) is 23.2 Å². The van der Waals surface area contributed by atoms with Crippen LogP contribution in [0.2, 0.25) is 5.02 Å². The molecule has 2 aromatic heterocycles. The molecular weight excluding hydrogens is 500 g/mol. The molecule has 164 valence electrons. The molecule has 0 atom stereocenters. The Hall–Kier alpha value is -3.19. The molecule has 0 fully saturated rings. The lowest BCUT2D eigenvalue weighted by Crippen LogP contribution is -2.25. The van der Waals surface area contributed by atoms with Crippen molar-refractivity contribution in [1.82, 2.24) is 10.4 Å². The van der Waals surface area contributed by atoms with Gasteiger partial charge in [0.15, 0.2) is 6.61 Å². The van der Waals surface area contributed by atoms with Crippen LogP contribution in [0.4, 0.5) is 0 Å². The van der Waals surface area contributed by atoms with Crippen LogP contribution in [-0.2, 0) is 16.1 Å². The molecule has 32 heavy (non-hydrogen) atoms. The third-order valence-electron chi connectivity index (χ3n) is 4.24. The molecule has 0 aliphatic rings. The number of rotatable bonds is 8. The number of hydrazone groups is 1. The minimum atomic E-state index is -0.523. The van der Waals surface area contributed by atoms with Crippen molar-refractivity contribution >= 4 is 39.7 Å². The van der Waals surface area contributed by atoms with Crippen LogP contribution >= 0.6 is 27.5 Å². The molecule has 8 nitrogen and oxygen atoms in total. The average molecular weight is 518 g/mol. The van der Waals surface area contributed by atoms with Gasteiger partial charge in [0.2, 0.25) is 5.88 Å². The molecule has 1 N–H and O–H groups in total. The van der Waals surface area contributed by atoms with Crippen molar-refractivity contribution in [2.24, 2.45) is 5.10 Å². The van der Waals surface area contributed by atoms with Gasteiger partial charge in [0.25, 0.3) is 5.91 Å². The summed E-state index contributed by atoms with van der Waals surface area (Å²) in [4.78, 5) is 16.3. The van der Waals surface area contributed by atoms with Crippen molar-refractivity contribution in [1.29, 1.82) is 5.26 Å². The Morgan fingerprint density at radius 1 is 1.34 bits per heavy atom. The van der Waals surface area contributed by atoms with E-state index in [0.29, 0.717) is 32.3 Å². The normalized spacial score (nSPS) is 10.8. The summed E-state index contributed by atoms with van der Waals surface area (Å²) in [5, 5.41) is 14.0. The highest BCUT2D eigenvalue weighted by Gasteiger charge is 2.18. The Labute approximate surface area is 197 Å². The number of benzene rings is 1. The van der Waals surface area contributed by atoms with Gasteiger partial charge in [-0.05, 0) is 59.3 Å². The maximum absolute atomic E-state index is 12.1. The first-order valence-electron chi connectivity index (χ1n) is 9.31. The first-order chi connectivity index (χ1) is 15.4. The monoisotopic (exact) mass is 516 g/mol. The number of amides is 1. The summed E-state index contributed by atoms with van der Waals surface area (Å²) in [6, 6.07) is 12.8. The predicted molar refractivity (Wildman–Crippen MR) is 122 cm³/mol. The highest BCUT2D eigenvalue weighted by atomic mass is 79.9. The fourth-order valence-corrected chi connectivity index (χ4v) is 3.27. The van der Waals surface area contributed by atoms with Crippen LogP contribution in [0.25, 0.3) is 11.3 Å². The number of hydrogen-bond donors (Lipinski definition) is 1. The number of ether oxygens (including phenoxy) is 2. The van der Waals surface area contributed by atoms with Crippen LogP contribution < -0.4 is 10.2 Å². The summed E-state index contributed by atoms with van der Waals surface area (Å²) < 4.78 is 16.9. The minimum Gasteiger partial charge on any atom is -0.467 e. The summed E-state index contributed by atoms with van der Waals surface area (Å²) in [6.07, 6.45) is 1.37. The van der Waals surface area contributed by atoms with Gasteiger partial charge >= 0.3 is 0 Å². The quantitative estimate of drug-likeness (QED) is 0.345. The van der Waals surface area contributed by atoms with Crippen molar-refractivity contribution < 1.29 is 18.7 Å². The zero-order valence-electron chi connectivity index (χ0n) is 17.2. The van der Waals surface area contributed by atoms with Gasteiger partial charge < -0.3 is 13.9 Å². The van der Waals surface area contributed by atoms with E-state index in [2.05, 4.69) is 31.4 Å². The Bertz CT molecular complexity index is 1190. The lowest BCUT2D eigenvalue weighted by molar-refractivity contribution is -0.123. The number of carbonyl (C=O) groups is 1. The molecular formula is C22H18BrClN4O4. The number of furan rings is 1. The van der Waals surface area contributed by atoms with E-state index in [-0.39, 0.29) is 24.7 Å². The highest BCUT2D eigenvalue weighted by Crippen LogP contribution is 2.30. The number of nitriles is 1. The van der Waals surface area contributed by atoms with Crippen molar-refractivity contribution in [2.45, 2.75) is 13.5 Å². The fraction of sp³-hybridized carbons (Fsp3) is 0.182. The number of hydrogen-bond acceptors (Lipinski definition) is 7. The van der Waals surface area contributed by atoms with Gasteiger partial charge in [-0.15, -0.1) is 0 Å². The Kier molecular flexibility index (Phi) is 8.00. The summed E-state index contributed by atoms with van der Waals surface area (Å²) in [7, 11) is 1.52. The average Bonchev–Trinajstić information content (AvgIpc) is 3.25. The van der Waals surface area contributed by atoms with Crippen LogP contribution in [0.3, 0.4) is 0 Å². The summed E-state index contributed by atoms with van der Waals surface area (Å²) in [5.41, 5.74) is 4.62. The first-order valence-corrected chi connectivity index (χ1v) is 10.5. The molecule has 3 rings (SSSR count). The maximum atomic E-state index is 12.1. The third-order valence-corrected chi connectivity index (χ3v) is 5.55. The molecule has 1 amide bonds. The van der Waals surface area contributed by atoms with E-state index in [1.54, 1.807) is 31.2 Å². The zero-order chi connectivity index (χ0) is 23.1. The SMILES string of the molecule is COCc1c(Br)c(C)nc(OCC(=O)N/N=C\c2ccc(-c3ccc(Cl)cc3)o2)c1C#N. The zero-order valence-corrected chi connectivity index (χ0v) is 19.5. The Morgan fingerprint density at radius 3 is 2.78 bits per heavy atom. The largest absolute Gasteiger partial charge is 0.467 e. The van der Waals surface area contributed by atoms with E-state index in [0.717, 1.165) is 5.56 Å². The lowest BCUT2D eigenvalue weighted by Gasteiger charge is -2.13. The smallest absolute Gasteiger partial charge is 0.278 e. The Balaban J connectivity index is 1.60. The molecule has 0 unspecified atom stereocenters. The molecule has 2 heterocycles. The first kappa shape index (κ1) is 23.5. The van der Waals surface area contributed by atoms with E-state index in [9.17, 15) is 10.1 Å². The third kappa shape index (κ3) is 5.73. The molecule has 0 saturated carbocycles. The molecule has 0 radical (unpaired) electrons. The number of aromatic nitrogens is 1. The molecule has 0 spiro atoms. The van der Waals surface area contributed by atoms with E-state index in [4.69, 9.17) is 25.5 Å². The second kappa shape index (κ2) is 10.9. The van der Waals surface area contributed by atoms with E-state index in [1.807, 2.05) is 18.2 Å². The molecule has 1 aromatic carbocycles. The molecule has 3 aromatic rings. The standard InChI is InChI=1S/C22H18BrClN4O4/c1-13-21(23)18(11-30-2)17(9-25)22(27-13)31-12-20(29)28-26-10-16-7-8-19(32-16)14-3-5-15(24)6-4-14/h3-8,10H,11-12H2,1-2H3,(H,28,29)/b26-10-. The van der Waals surface area contributed by atoms with Crippen LogP contribution in [0.1, 0.15) is 22.6 Å². The van der Waals surface area contributed by atoms with E-state index < -0.39 is 5.91 Å². The van der Waals surface area contributed by atoms with Gasteiger partial charge in [-0.25, -0.2) is 10.4 Å². The second-order valence-corrected chi connectivity index (χ2v) is 7.73. The molecule has 0 saturated heterocycles.